The number of ether oxygens (including phenoxy) is 4. The zero-order chi connectivity index (χ0) is 84.1. The molecule has 12 rings (SSSR count). The van der Waals surface area contributed by atoms with Crippen LogP contribution in [0.1, 0.15) is 353 Å². The summed E-state index contributed by atoms with van der Waals surface area (Å²) in [7, 11) is 0. The molecule has 0 saturated heterocycles. The molecule has 4 aliphatic rings. The van der Waals surface area contributed by atoms with Crippen molar-refractivity contribution in [3.63, 3.8) is 0 Å². The summed E-state index contributed by atoms with van der Waals surface area (Å²) in [4.78, 5) is 56.3. The van der Waals surface area contributed by atoms with Gasteiger partial charge in [0.25, 0.3) is 0 Å². The Kier molecular flexibility index (Phi) is 37.8. The first-order chi connectivity index (χ1) is 59.3. The van der Waals surface area contributed by atoms with Crippen LogP contribution in [0.25, 0.3) is 44.5 Å². The third-order valence-corrected chi connectivity index (χ3v) is 28.5. The monoisotopic (exact) mass is 1630 g/mol. The Bertz CT molecular complexity index is 3720. The number of carbonyl (C=O) groups is 4. The number of hydrogen-bond donors (Lipinski definition) is 0. The van der Waals surface area contributed by atoms with Gasteiger partial charge in [0, 0.05) is 25.7 Å². The summed E-state index contributed by atoms with van der Waals surface area (Å²) >= 11 is 0. The molecule has 8 aromatic rings. The van der Waals surface area contributed by atoms with Crippen LogP contribution in [0.15, 0.2) is 194 Å². The summed E-state index contributed by atoms with van der Waals surface area (Å²) in [5.74, 6) is 4.40. The van der Waals surface area contributed by atoms with Crippen LogP contribution in [0.5, 0.6) is 0 Å². The molecule has 121 heavy (non-hydrogen) atoms. The van der Waals surface area contributed by atoms with Crippen molar-refractivity contribution in [1.82, 2.24) is 0 Å². The number of rotatable bonds is 48. The van der Waals surface area contributed by atoms with E-state index >= 15 is 0 Å². The van der Waals surface area contributed by atoms with Gasteiger partial charge in [0.2, 0.25) is 0 Å². The largest absolute Gasteiger partial charge is 0.465 e. The Hall–Kier alpha value is -8.36. The van der Waals surface area contributed by atoms with Gasteiger partial charge < -0.3 is 18.9 Å². The van der Waals surface area contributed by atoms with Gasteiger partial charge >= 0.3 is 23.9 Å². The second kappa shape index (κ2) is 49.8. The van der Waals surface area contributed by atoms with E-state index in [4.69, 9.17) is 18.9 Å². The van der Waals surface area contributed by atoms with Crippen LogP contribution in [-0.4, -0.2) is 50.3 Å². The molecule has 0 N–H and O–H groups in total. The number of unbranched alkanes of at least 4 members (excludes halogenated alkanes) is 8. The van der Waals surface area contributed by atoms with E-state index in [9.17, 15) is 19.2 Å². The van der Waals surface area contributed by atoms with Gasteiger partial charge in [0.05, 0.1) is 0 Å². The van der Waals surface area contributed by atoms with Crippen LogP contribution in [0, 0.1) is 29.1 Å². The summed E-state index contributed by atoms with van der Waals surface area (Å²) < 4.78 is 24.7. The summed E-state index contributed by atoms with van der Waals surface area (Å²) in [5.41, 5.74) is 18.4. The SMILES string of the molecule is CCCCCC1CCC(c2ccc(-c3ccc(CCCC(=O)OCC(COC(=O)CCCc4ccc(-c5ccc(C6CCC(CCCCC)CC6)cc5)cc4)(COC(=O)CCCc4ccc(-c5ccc(C6CCC(CCCCC)CC6)cc5)cc4)COC(=O)CCCc4ccc(-c5ccc(C6CCC(CCCCC)CC6)cc5)cc4)cc3)cc2)CC1. The van der Waals surface area contributed by atoms with E-state index in [1.54, 1.807) is 0 Å². The number of aryl methyl sites for hydroxylation is 4. The van der Waals surface area contributed by atoms with Crippen molar-refractivity contribution in [2.24, 2.45) is 29.1 Å². The molecule has 0 aromatic heterocycles. The van der Waals surface area contributed by atoms with Crippen molar-refractivity contribution in [2.45, 2.75) is 334 Å². The number of esters is 4. The van der Waals surface area contributed by atoms with Crippen molar-refractivity contribution in [3.8, 4) is 44.5 Å². The minimum absolute atomic E-state index is 0.132. The first-order valence-electron chi connectivity index (χ1n) is 48.7. The maximum absolute atomic E-state index is 14.1. The zero-order valence-electron chi connectivity index (χ0n) is 74.8. The molecule has 8 nitrogen and oxygen atoms in total. The second-order valence-corrected chi connectivity index (χ2v) is 37.7. The quantitative estimate of drug-likeness (QED) is 0.0211. The highest BCUT2D eigenvalue weighted by Gasteiger charge is 2.38. The molecule has 0 bridgehead atoms. The standard InChI is InChI=1S/C113H148O8/c1-5-9-13-21-85-33-49-93(50-34-85)101-65-73-105(74-66-101)97-57-41-89(42-58-97)25-17-29-109(114)118-81-113(82-119-110(115)30-18-26-90-43-59-98(60-44-90)106-75-67-102(68-76-106)94-51-35-86(36-52-94)22-14-10-6-2,83-120-111(116)31-19-27-91-45-61-99(62-46-91)107-77-69-103(70-78-107)95-53-37-87(38-54-95)23-15-11-7-3)84-121-112(117)32-20-28-92-47-63-100(64-48-92)108-79-71-104(72-80-108)96-55-39-88(40-56-96)24-16-12-8-4/h41-48,57-80,85-88,93-96H,5-40,49-56,81-84H2,1-4H3. The Morgan fingerprint density at radius 2 is 0.405 bits per heavy atom. The van der Waals surface area contributed by atoms with E-state index in [0.29, 0.717) is 75.0 Å². The summed E-state index contributed by atoms with van der Waals surface area (Å²) in [5, 5.41) is 0. The van der Waals surface area contributed by atoms with Crippen molar-refractivity contribution >= 4 is 23.9 Å². The molecule has 4 fully saturated rings. The normalized spacial score (nSPS) is 19.8. The Morgan fingerprint density at radius 1 is 0.231 bits per heavy atom. The molecule has 8 heteroatoms. The second-order valence-electron chi connectivity index (χ2n) is 37.7. The minimum Gasteiger partial charge on any atom is -0.465 e. The lowest BCUT2D eigenvalue weighted by molar-refractivity contribution is -0.170. The number of carbonyl (C=O) groups excluding carboxylic acids is 4. The van der Waals surface area contributed by atoms with Crippen molar-refractivity contribution < 1.29 is 38.1 Å². The number of hydrogen-bond acceptors (Lipinski definition) is 8. The highest BCUT2D eigenvalue weighted by Crippen LogP contribution is 2.44. The van der Waals surface area contributed by atoms with Gasteiger partial charge in [-0.3, -0.25) is 19.2 Å². The lowest BCUT2D eigenvalue weighted by Gasteiger charge is -2.31. The average Bonchev–Trinajstić information content (AvgIpc) is 0.854. The van der Waals surface area contributed by atoms with Gasteiger partial charge in [0.15, 0.2) is 0 Å². The lowest BCUT2D eigenvalue weighted by atomic mass is 9.77. The molecule has 0 atom stereocenters. The fourth-order valence-corrected chi connectivity index (χ4v) is 20.3. The highest BCUT2D eigenvalue weighted by molar-refractivity contribution is 5.72. The predicted octanol–water partition coefficient (Wildman–Crippen LogP) is 30.3. The summed E-state index contributed by atoms with van der Waals surface area (Å²) in [6, 6.07) is 71.5. The molecular weight excluding hydrogens is 1490 g/mol. The topological polar surface area (TPSA) is 105 Å². The number of benzene rings is 8. The molecule has 648 valence electrons. The van der Waals surface area contributed by atoms with Crippen LogP contribution in [0.3, 0.4) is 0 Å². The summed E-state index contributed by atoms with van der Waals surface area (Å²) in [6.45, 7) is 7.98. The Balaban J connectivity index is 0.674. The average molecular weight is 1630 g/mol. The van der Waals surface area contributed by atoms with Crippen molar-refractivity contribution in [1.29, 1.82) is 0 Å². The Labute approximate surface area is 730 Å². The molecule has 0 heterocycles. The van der Waals surface area contributed by atoms with E-state index in [1.165, 1.54) is 250 Å². The highest BCUT2D eigenvalue weighted by atomic mass is 16.6. The van der Waals surface area contributed by atoms with Crippen LogP contribution in [0.2, 0.25) is 0 Å². The lowest BCUT2D eigenvalue weighted by Crippen LogP contribution is -2.44. The molecule has 8 aromatic carbocycles. The van der Waals surface area contributed by atoms with E-state index in [2.05, 4.69) is 222 Å². The molecule has 4 aliphatic carbocycles. The van der Waals surface area contributed by atoms with E-state index in [1.807, 2.05) is 0 Å². The van der Waals surface area contributed by atoms with Crippen LogP contribution in [-0.2, 0) is 63.8 Å². The molecule has 0 radical (unpaired) electrons. The first kappa shape index (κ1) is 91.8. The molecular formula is C113H148O8. The third kappa shape index (κ3) is 30.0. The van der Waals surface area contributed by atoms with Crippen LogP contribution in [0.4, 0.5) is 0 Å². The molecule has 4 saturated carbocycles. The van der Waals surface area contributed by atoms with Gasteiger partial charge in [0.1, 0.15) is 31.8 Å². The molecule has 0 unspecified atom stereocenters. The minimum atomic E-state index is -1.40. The summed E-state index contributed by atoms with van der Waals surface area (Å²) in [6.07, 6.45) is 48.0. The fraction of sp³-hybridized carbons (Fsp3) is 0.540. The first-order valence-corrected chi connectivity index (χ1v) is 48.7. The molecule has 0 amide bonds. The van der Waals surface area contributed by atoms with Gasteiger partial charge in [-0.25, -0.2) is 0 Å². The van der Waals surface area contributed by atoms with Crippen LogP contribution < -0.4 is 0 Å². The van der Waals surface area contributed by atoms with Crippen LogP contribution >= 0.6 is 0 Å². The van der Waals surface area contributed by atoms with E-state index in [-0.39, 0.29) is 52.1 Å². The van der Waals surface area contributed by atoms with E-state index < -0.39 is 29.3 Å². The van der Waals surface area contributed by atoms with Gasteiger partial charge in [-0.2, -0.15) is 0 Å². The van der Waals surface area contributed by atoms with Crippen molar-refractivity contribution in [2.75, 3.05) is 26.4 Å². The maximum Gasteiger partial charge on any atom is 0.305 e. The zero-order valence-corrected chi connectivity index (χ0v) is 74.8. The third-order valence-electron chi connectivity index (χ3n) is 28.5. The molecule has 0 spiro atoms. The maximum atomic E-state index is 14.1. The Morgan fingerprint density at radius 3 is 0.579 bits per heavy atom. The fourth-order valence-electron chi connectivity index (χ4n) is 20.3. The van der Waals surface area contributed by atoms with Gasteiger partial charge in [-0.1, -0.05) is 325 Å². The smallest absolute Gasteiger partial charge is 0.305 e. The van der Waals surface area contributed by atoms with Crippen molar-refractivity contribution in [3.05, 3.63) is 239 Å². The predicted molar refractivity (Wildman–Crippen MR) is 501 cm³/mol. The van der Waals surface area contributed by atoms with E-state index in [0.717, 1.165) is 68.2 Å². The molecule has 0 aliphatic heterocycles. The van der Waals surface area contributed by atoms with Gasteiger partial charge in [-0.15, -0.1) is 0 Å². The van der Waals surface area contributed by atoms with Gasteiger partial charge in [-0.05, 0) is 290 Å².